The predicted molar refractivity (Wildman–Crippen MR) is 119 cm³/mol. The number of rotatable bonds is 9. The van der Waals surface area contributed by atoms with Crippen LogP contribution in [0.1, 0.15) is 48.9 Å². The molecule has 2 amide bonds. The summed E-state index contributed by atoms with van der Waals surface area (Å²) in [6, 6.07) is 12.9. The molecule has 4 nitrogen and oxygen atoms in total. The zero-order chi connectivity index (χ0) is 21.4. The molecule has 0 saturated heterocycles. The Morgan fingerprint density at radius 2 is 1.83 bits per heavy atom. The van der Waals surface area contributed by atoms with Crippen molar-refractivity contribution in [2.75, 3.05) is 6.54 Å². The second-order valence-corrected chi connectivity index (χ2v) is 7.94. The van der Waals surface area contributed by atoms with Gasteiger partial charge in [-0.05, 0) is 55.5 Å². The molecular weight excluding hydrogens is 384 g/mol. The number of nitrogens with zero attached hydrogens (tertiary/aromatic N) is 1. The number of nitrogens with one attached hydrogen (secondary N) is 1. The van der Waals surface area contributed by atoms with Crippen molar-refractivity contribution in [3.05, 3.63) is 69.7 Å². The molecule has 2 aromatic rings. The maximum atomic E-state index is 13.2. The summed E-state index contributed by atoms with van der Waals surface area (Å²) in [6.07, 6.45) is 2.17. The van der Waals surface area contributed by atoms with Gasteiger partial charge in [0.25, 0.3) is 0 Å². The molecule has 0 radical (unpaired) electrons. The van der Waals surface area contributed by atoms with Crippen LogP contribution in [0.3, 0.4) is 0 Å². The molecule has 156 valence electrons. The molecule has 2 aromatic carbocycles. The summed E-state index contributed by atoms with van der Waals surface area (Å²) in [5.74, 6) is -0.231. The van der Waals surface area contributed by atoms with Crippen LogP contribution in [0.2, 0.25) is 5.02 Å². The van der Waals surface area contributed by atoms with E-state index in [1.165, 1.54) is 5.56 Å². The minimum absolute atomic E-state index is 0.0914. The zero-order valence-electron chi connectivity index (χ0n) is 17.8. The van der Waals surface area contributed by atoms with Gasteiger partial charge in [-0.1, -0.05) is 61.3 Å². The number of benzene rings is 2. The van der Waals surface area contributed by atoms with Crippen molar-refractivity contribution in [3.63, 3.8) is 0 Å². The van der Waals surface area contributed by atoms with E-state index in [1.807, 2.05) is 50.2 Å². The third-order valence-corrected chi connectivity index (χ3v) is 5.59. The van der Waals surface area contributed by atoms with Gasteiger partial charge in [0.1, 0.15) is 6.04 Å². The molecule has 0 saturated carbocycles. The van der Waals surface area contributed by atoms with E-state index in [1.54, 1.807) is 17.9 Å². The second kappa shape index (κ2) is 11.0. The van der Waals surface area contributed by atoms with Gasteiger partial charge < -0.3 is 10.2 Å². The highest BCUT2D eigenvalue weighted by molar-refractivity contribution is 6.31. The molecule has 0 heterocycles. The summed E-state index contributed by atoms with van der Waals surface area (Å²) in [6.45, 7) is 8.85. The van der Waals surface area contributed by atoms with Crippen LogP contribution in [-0.4, -0.2) is 29.3 Å². The van der Waals surface area contributed by atoms with Crippen LogP contribution in [-0.2, 0) is 22.6 Å². The normalized spacial score (nSPS) is 11.8. The van der Waals surface area contributed by atoms with Crippen LogP contribution in [0.25, 0.3) is 0 Å². The van der Waals surface area contributed by atoms with Crippen molar-refractivity contribution < 1.29 is 9.59 Å². The Hall–Kier alpha value is -2.33. The molecule has 29 heavy (non-hydrogen) atoms. The van der Waals surface area contributed by atoms with E-state index in [9.17, 15) is 9.59 Å². The summed E-state index contributed by atoms with van der Waals surface area (Å²) >= 11 is 6.32. The first-order valence-corrected chi connectivity index (χ1v) is 10.6. The number of hydrogen-bond donors (Lipinski definition) is 1. The van der Waals surface area contributed by atoms with Gasteiger partial charge in [-0.25, -0.2) is 0 Å². The average molecular weight is 415 g/mol. The molecule has 0 aliphatic heterocycles. The Morgan fingerprint density at radius 1 is 1.10 bits per heavy atom. The molecule has 2 rings (SSSR count). The standard InChI is InChI=1S/C24H31ClN2O2/c1-5-6-13-26-24(29)19(4)27(16-21-9-7-8-10-22(21)25)23(28)15-20-12-11-17(2)18(3)14-20/h7-12,14,19H,5-6,13,15-16H2,1-4H3,(H,26,29). The number of unbranched alkanes of at least 4 members (excludes halogenated alkanes) is 1. The maximum absolute atomic E-state index is 13.2. The number of carbonyl (C=O) groups is 2. The topological polar surface area (TPSA) is 49.4 Å². The number of halogens is 1. The molecule has 0 aromatic heterocycles. The highest BCUT2D eigenvalue weighted by Crippen LogP contribution is 2.20. The number of hydrogen-bond acceptors (Lipinski definition) is 2. The fourth-order valence-electron chi connectivity index (χ4n) is 3.12. The van der Waals surface area contributed by atoms with Crippen molar-refractivity contribution in [3.8, 4) is 0 Å². The smallest absolute Gasteiger partial charge is 0.242 e. The summed E-state index contributed by atoms with van der Waals surface area (Å²) in [5, 5.41) is 3.53. The highest BCUT2D eigenvalue weighted by Gasteiger charge is 2.26. The van der Waals surface area contributed by atoms with E-state index in [0.29, 0.717) is 18.1 Å². The quantitative estimate of drug-likeness (QED) is 0.597. The summed E-state index contributed by atoms with van der Waals surface area (Å²) in [5.41, 5.74) is 4.12. The van der Waals surface area contributed by atoms with Crippen molar-refractivity contribution in [1.29, 1.82) is 0 Å². The van der Waals surface area contributed by atoms with Crippen LogP contribution in [0.5, 0.6) is 0 Å². The third kappa shape index (κ3) is 6.60. The van der Waals surface area contributed by atoms with Gasteiger partial charge >= 0.3 is 0 Å². The first-order chi connectivity index (χ1) is 13.8. The monoisotopic (exact) mass is 414 g/mol. The Kier molecular flexibility index (Phi) is 8.71. The lowest BCUT2D eigenvalue weighted by molar-refractivity contribution is -0.140. The van der Waals surface area contributed by atoms with Gasteiger partial charge in [0.2, 0.25) is 11.8 Å². The first kappa shape index (κ1) is 23.0. The lowest BCUT2D eigenvalue weighted by Crippen LogP contribution is -2.48. The molecule has 1 unspecified atom stereocenters. The molecule has 5 heteroatoms. The zero-order valence-corrected chi connectivity index (χ0v) is 18.6. The van der Waals surface area contributed by atoms with Crippen LogP contribution in [0.4, 0.5) is 0 Å². The lowest BCUT2D eigenvalue weighted by atomic mass is 10.0. The van der Waals surface area contributed by atoms with E-state index in [0.717, 1.165) is 29.5 Å². The number of aryl methyl sites for hydroxylation is 2. The molecule has 1 N–H and O–H groups in total. The minimum Gasteiger partial charge on any atom is -0.354 e. The van der Waals surface area contributed by atoms with Crippen LogP contribution in [0, 0.1) is 13.8 Å². The maximum Gasteiger partial charge on any atom is 0.242 e. The van der Waals surface area contributed by atoms with Gasteiger partial charge in [0.15, 0.2) is 0 Å². The lowest BCUT2D eigenvalue weighted by Gasteiger charge is -2.29. The molecule has 0 aliphatic carbocycles. The van der Waals surface area contributed by atoms with E-state index >= 15 is 0 Å². The summed E-state index contributed by atoms with van der Waals surface area (Å²) in [7, 11) is 0. The fraction of sp³-hybridized carbons (Fsp3) is 0.417. The third-order valence-electron chi connectivity index (χ3n) is 5.22. The summed E-state index contributed by atoms with van der Waals surface area (Å²) in [4.78, 5) is 27.5. The summed E-state index contributed by atoms with van der Waals surface area (Å²) < 4.78 is 0. The predicted octanol–water partition coefficient (Wildman–Crippen LogP) is 4.83. The van der Waals surface area contributed by atoms with Gasteiger partial charge in [-0.2, -0.15) is 0 Å². The van der Waals surface area contributed by atoms with Gasteiger partial charge in [-0.3, -0.25) is 9.59 Å². The molecule has 0 spiro atoms. The van der Waals surface area contributed by atoms with E-state index < -0.39 is 6.04 Å². The highest BCUT2D eigenvalue weighted by atomic mass is 35.5. The Morgan fingerprint density at radius 3 is 2.48 bits per heavy atom. The van der Waals surface area contributed by atoms with Crippen LogP contribution in [0.15, 0.2) is 42.5 Å². The van der Waals surface area contributed by atoms with Gasteiger partial charge in [-0.15, -0.1) is 0 Å². The second-order valence-electron chi connectivity index (χ2n) is 7.53. The van der Waals surface area contributed by atoms with E-state index in [-0.39, 0.29) is 18.2 Å². The first-order valence-electron chi connectivity index (χ1n) is 10.2. The molecule has 1 atom stereocenters. The molecule has 0 fully saturated rings. The Balaban J connectivity index is 2.22. The van der Waals surface area contributed by atoms with E-state index in [4.69, 9.17) is 11.6 Å². The SMILES string of the molecule is CCCCNC(=O)C(C)N(Cc1ccccc1Cl)C(=O)Cc1ccc(C)c(C)c1. The Labute approximate surface area is 179 Å². The van der Waals surface area contributed by atoms with Crippen LogP contribution < -0.4 is 5.32 Å². The van der Waals surface area contributed by atoms with Gasteiger partial charge in [0.05, 0.1) is 6.42 Å². The Bertz CT molecular complexity index is 851. The molecular formula is C24H31ClN2O2. The molecule has 0 aliphatic rings. The fourth-order valence-corrected chi connectivity index (χ4v) is 3.31. The van der Waals surface area contributed by atoms with Crippen molar-refractivity contribution in [2.45, 2.75) is 59.5 Å². The van der Waals surface area contributed by atoms with Gasteiger partial charge in [0, 0.05) is 18.1 Å². The van der Waals surface area contributed by atoms with E-state index in [2.05, 4.69) is 12.2 Å². The van der Waals surface area contributed by atoms with Crippen molar-refractivity contribution in [2.24, 2.45) is 0 Å². The largest absolute Gasteiger partial charge is 0.354 e. The van der Waals surface area contributed by atoms with Crippen molar-refractivity contribution >= 4 is 23.4 Å². The number of amides is 2. The number of carbonyl (C=O) groups excluding carboxylic acids is 2. The van der Waals surface area contributed by atoms with Crippen molar-refractivity contribution in [1.82, 2.24) is 10.2 Å². The average Bonchev–Trinajstić information content (AvgIpc) is 2.69. The molecule has 0 bridgehead atoms. The van der Waals surface area contributed by atoms with Crippen LogP contribution >= 0.6 is 11.6 Å². The minimum atomic E-state index is -0.581.